The molecule has 1 fully saturated rings. The molecule has 1 aliphatic carbocycles. The van der Waals surface area contributed by atoms with Gasteiger partial charge in [-0.1, -0.05) is 51.0 Å². The number of aryl methyl sites for hydroxylation is 1. The molecule has 0 radical (unpaired) electrons. The Balaban J connectivity index is 2.03. The van der Waals surface area contributed by atoms with E-state index in [1.807, 2.05) is 0 Å². The summed E-state index contributed by atoms with van der Waals surface area (Å²) in [4.78, 5) is 12.2. The molecule has 0 unspecified atom stereocenters. The summed E-state index contributed by atoms with van der Waals surface area (Å²) in [6, 6.07) is 8.64. The van der Waals surface area contributed by atoms with Crippen LogP contribution in [0.25, 0.3) is 0 Å². The molecule has 0 bridgehead atoms. The Morgan fingerprint density at radius 2 is 1.83 bits per heavy atom. The zero-order chi connectivity index (χ0) is 13.0. The van der Waals surface area contributed by atoms with Crippen LogP contribution in [0.2, 0.25) is 0 Å². The minimum absolute atomic E-state index is 0.170. The average Bonchev–Trinajstić information content (AvgIpc) is 2.40. The van der Waals surface area contributed by atoms with Crippen molar-refractivity contribution in [1.82, 2.24) is 0 Å². The van der Waals surface area contributed by atoms with E-state index in [0.29, 0.717) is 11.7 Å². The Hall–Kier alpha value is -1.11. The van der Waals surface area contributed by atoms with Crippen molar-refractivity contribution in [1.29, 1.82) is 0 Å². The van der Waals surface area contributed by atoms with Crippen LogP contribution in [-0.4, -0.2) is 5.78 Å². The molecule has 1 heteroatoms. The van der Waals surface area contributed by atoms with Crippen LogP contribution in [0.3, 0.4) is 0 Å². The highest BCUT2D eigenvalue weighted by Crippen LogP contribution is 2.35. The lowest BCUT2D eigenvalue weighted by atomic mass is 9.76. The molecule has 98 valence electrons. The maximum Gasteiger partial charge on any atom is 0.140 e. The molecule has 2 atom stereocenters. The van der Waals surface area contributed by atoms with E-state index in [1.165, 1.54) is 30.4 Å². The Labute approximate surface area is 111 Å². The standard InChI is InChI=1S/C17H24O/c1-3-5-14-8-11-16(17(18)12-14)15-9-6-13(4-2)7-10-15/h6-7,9-10,14,16H,3-5,8,11-12H2,1-2H3/t14-,16+/m0/s1. The summed E-state index contributed by atoms with van der Waals surface area (Å²) in [6.07, 6.45) is 6.56. The fourth-order valence-electron chi connectivity index (χ4n) is 3.09. The first-order valence-corrected chi connectivity index (χ1v) is 7.36. The molecule has 18 heavy (non-hydrogen) atoms. The first-order valence-electron chi connectivity index (χ1n) is 7.36. The van der Waals surface area contributed by atoms with E-state index in [0.717, 1.165) is 19.3 Å². The number of Topliss-reactive ketones (excluding diaryl/α,β-unsaturated/α-hetero) is 1. The molecule has 1 nitrogen and oxygen atoms in total. The van der Waals surface area contributed by atoms with Gasteiger partial charge in [0.1, 0.15) is 5.78 Å². The fraction of sp³-hybridized carbons (Fsp3) is 0.588. The summed E-state index contributed by atoms with van der Waals surface area (Å²) in [5.74, 6) is 1.28. The second-order valence-corrected chi connectivity index (χ2v) is 5.55. The van der Waals surface area contributed by atoms with Crippen molar-refractivity contribution >= 4 is 5.78 Å². The summed E-state index contributed by atoms with van der Waals surface area (Å²) < 4.78 is 0. The normalized spacial score (nSPS) is 24.2. The quantitative estimate of drug-likeness (QED) is 0.762. The summed E-state index contributed by atoms with van der Waals surface area (Å²) in [5.41, 5.74) is 2.58. The molecule has 0 aromatic heterocycles. The minimum atomic E-state index is 0.170. The van der Waals surface area contributed by atoms with Gasteiger partial charge < -0.3 is 0 Å². The van der Waals surface area contributed by atoms with Crippen LogP contribution in [0.5, 0.6) is 0 Å². The highest BCUT2D eigenvalue weighted by Gasteiger charge is 2.28. The van der Waals surface area contributed by atoms with Crippen LogP contribution in [0.1, 0.15) is 63.0 Å². The number of hydrogen-bond acceptors (Lipinski definition) is 1. The smallest absolute Gasteiger partial charge is 0.140 e. The van der Waals surface area contributed by atoms with Crippen LogP contribution in [0, 0.1) is 5.92 Å². The molecule has 2 rings (SSSR count). The number of carbonyl (C=O) groups excluding carboxylic acids is 1. The van der Waals surface area contributed by atoms with E-state index in [2.05, 4.69) is 38.1 Å². The van der Waals surface area contributed by atoms with Crippen LogP contribution < -0.4 is 0 Å². The van der Waals surface area contributed by atoms with E-state index in [-0.39, 0.29) is 5.92 Å². The van der Waals surface area contributed by atoms with Crippen molar-refractivity contribution in [2.45, 2.75) is 58.3 Å². The Bertz CT molecular complexity index is 391. The lowest BCUT2D eigenvalue weighted by Gasteiger charge is -2.27. The van der Waals surface area contributed by atoms with Gasteiger partial charge in [-0.3, -0.25) is 4.79 Å². The minimum Gasteiger partial charge on any atom is -0.299 e. The van der Waals surface area contributed by atoms with Crippen LogP contribution in [-0.2, 0) is 11.2 Å². The third kappa shape index (κ3) is 3.01. The van der Waals surface area contributed by atoms with E-state index < -0.39 is 0 Å². The van der Waals surface area contributed by atoms with Crippen molar-refractivity contribution < 1.29 is 4.79 Å². The van der Waals surface area contributed by atoms with Crippen LogP contribution in [0.15, 0.2) is 24.3 Å². The fourth-order valence-corrected chi connectivity index (χ4v) is 3.09. The van der Waals surface area contributed by atoms with Crippen molar-refractivity contribution in [2.75, 3.05) is 0 Å². The van der Waals surface area contributed by atoms with Gasteiger partial charge in [-0.05, 0) is 36.3 Å². The third-order valence-electron chi connectivity index (χ3n) is 4.23. The predicted octanol–water partition coefficient (Wildman–Crippen LogP) is 4.50. The lowest BCUT2D eigenvalue weighted by molar-refractivity contribution is -0.123. The predicted molar refractivity (Wildman–Crippen MR) is 75.8 cm³/mol. The second-order valence-electron chi connectivity index (χ2n) is 5.55. The van der Waals surface area contributed by atoms with Gasteiger partial charge in [0.15, 0.2) is 0 Å². The SMILES string of the molecule is CCC[C@H]1CC[C@H](c2ccc(CC)cc2)C(=O)C1. The summed E-state index contributed by atoms with van der Waals surface area (Å²) in [6.45, 7) is 4.37. The van der Waals surface area contributed by atoms with Gasteiger partial charge in [0.05, 0.1) is 0 Å². The molecule has 1 aliphatic rings. The molecular weight excluding hydrogens is 220 g/mol. The number of benzene rings is 1. The van der Waals surface area contributed by atoms with Gasteiger partial charge in [0.25, 0.3) is 0 Å². The van der Waals surface area contributed by atoms with Crippen molar-refractivity contribution in [2.24, 2.45) is 5.92 Å². The molecule has 0 amide bonds. The number of hydrogen-bond donors (Lipinski definition) is 0. The van der Waals surface area contributed by atoms with Crippen molar-refractivity contribution in [3.05, 3.63) is 35.4 Å². The Kier molecular flexibility index (Phi) is 4.57. The zero-order valence-corrected chi connectivity index (χ0v) is 11.6. The van der Waals surface area contributed by atoms with Crippen LogP contribution in [0.4, 0.5) is 0 Å². The molecule has 1 aromatic rings. The summed E-state index contributed by atoms with van der Waals surface area (Å²) in [5, 5.41) is 0. The first-order chi connectivity index (χ1) is 8.74. The monoisotopic (exact) mass is 244 g/mol. The van der Waals surface area contributed by atoms with E-state index in [1.54, 1.807) is 0 Å². The van der Waals surface area contributed by atoms with Gasteiger partial charge >= 0.3 is 0 Å². The van der Waals surface area contributed by atoms with Gasteiger partial charge in [0, 0.05) is 12.3 Å². The maximum absolute atomic E-state index is 12.2. The van der Waals surface area contributed by atoms with Crippen molar-refractivity contribution in [3.8, 4) is 0 Å². The highest BCUT2D eigenvalue weighted by molar-refractivity contribution is 5.86. The van der Waals surface area contributed by atoms with E-state index in [9.17, 15) is 4.79 Å². The average molecular weight is 244 g/mol. The largest absolute Gasteiger partial charge is 0.299 e. The van der Waals surface area contributed by atoms with Crippen molar-refractivity contribution in [3.63, 3.8) is 0 Å². The van der Waals surface area contributed by atoms with Gasteiger partial charge in [-0.25, -0.2) is 0 Å². The summed E-state index contributed by atoms with van der Waals surface area (Å²) >= 11 is 0. The molecular formula is C17H24O. The zero-order valence-electron chi connectivity index (χ0n) is 11.6. The highest BCUT2D eigenvalue weighted by atomic mass is 16.1. The molecule has 1 saturated carbocycles. The Morgan fingerprint density at radius 3 is 2.39 bits per heavy atom. The van der Waals surface area contributed by atoms with Gasteiger partial charge in [-0.15, -0.1) is 0 Å². The molecule has 0 saturated heterocycles. The van der Waals surface area contributed by atoms with E-state index >= 15 is 0 Å². The third-order valence-corrected chi connectivity index (χ3v) is 4.23. The second kappa shape index (κ2) is 6.17. The van der Waals surface area contributed by atoms with E-state index in [4.69, 9.17) is 0 Å². The molecule has 0 N–H and O–H groups in total. The molecule has 1 aromatic carbocycles. The van der Waals surface area contributed by atoms with Gasteiger partial charge in [-0.2, -0.15) is 0 Å². The molecule has 0 heterocycles. The molecule has 0 spiro atoms. The summed E-state index contributed by atoms with van der Waals surface area (Å²) in [7, 11) is 0. The maximum atomic E-state index is 12.2. The number of ketones is 1. The topological polar surface area (TPSA) is 17.1 Å². The number of rotatable bonds is 4. The lowest BCUT2D eigenvalue weighted by Crippen LogP contribution is -2.23. The number of carbonyl (C=O) groups is 1. The Morgan fingerprint density at radius 1 is 1.11 bits per heavy atom. The first kappa shape index (κ1) is 13.3. The van der Waals surface area contributed by atoms with Gasteiger partial charge in [0.2, 0.25) is 0 Å². The molecule has 0 aliphatic heterocycles. The van der Waals surface area contributed by atoms with Crippen LogP contribution >= 0.6 is 0 Å².